The monoisotopic (exact) mass is 307 g/mol. The van der Waals surface area contributed by atoms with Gasteiger partial charge in [-0.25, -0.2) is 4.79 Å². The molecular weight excluding hydrogens is 278 g/mol. The average Bonchev–Trinajstić information content (AvgIpc) is 2.46. The van der Waals surface area contributed by atoms with Gasteiger partial charge in [-0.2, -0.15) is 0 Å². The van der Waals surface area contributed by atoms with Crippen LogP contribution in [0.5, 0.6) is 0 Å². The van der Waals surface area contributed by atoms with Crippen LogP contribution >= 0.6 is 0 Å². The van der Waals surface area contributed by atoms with Crippen LogP contribution in [0.25, 0.3) is 0 Å². The van der Waals surface area contributed by atoms with Gasteiger partial charge in [0.1, 0.15) is 0 Å². The first-order valence-electron chi connectivity index (χ1n) is 7.82. The second-order valence-corrected chi connectivity index (χ2v) is 6.40. The third-order valence-corrected chi connectivity index (χ3v) is 3.54. The number of carbonyl (C=O) groups is 1. The molecule has 2 amide bonds. The topological polar surface area (TPSA) is 73.4 Å². The highest BCUT2D eigenvalue weighted by atomic mass is 16.3. The Morgan fingerprint density at radius 3 is 2.45 bits per heavy atom. The zero-order valence-electron chi connectivity index (χ0n) is 14.0. The van der Waals surface area contributed by atoms with Crippen LogP contribution in [0.2, 0.25) is 0 Å². The van der Waals surface area contributed by atoms with Gasteiger partial charge in [-0.3, -0.25) is 0 Å². The van der Waals surface area contributed by atoms with Gasteiger partial charge in [-0.1, -0.05) is 30.3 Å². The first-order chi connectivity index (χ1) is 10.3. The van der Waals surface area contributed by atoms with E-state index < -0.39 is 0 Å². The summed E-state index contributed by atoms with van der Waals surface area (Å²) in [6.45, 7) is 8.69. The average molecular weight is 307 g/mol. The molecule has 124 valence electrons. The fraction of sp³-hybridized carbons (Fsp3) is 0.588. The molecule has 0 spiro atoms. The highest BCUT2D eigenvalue weighted by Gasteiger charge is 2.21. The molecule has 22 heavy (non-hydrogen) atoms. The number of rotatable bonds is 8. The maximum absolute atomic E-state index is 11.8. The fourth-order valence-corrected chi connectivity index (χ4v) is 2.30. The molecule has 5 heteroatoms. The molecule has 0 aliphatic rings. The van der Waals surface area contributed by atoms with Crippen molar-refractivity contribution < 1.29 is 9.90 Å². The molecule has 0 fully saturated rings. The second kappa shape index (κ2) is 8.76. The Labute approximate surface area is 133 Å². The molecule has 1 aromatic rings. The zero-order valence-corrected chi connectivity index (χ0v) is 14.0. The summed E-state index contributed by atoms with van der Waals surface area (Å²) in [5.74, 6) is 0. The molecule has 1 unspecified atom stereocenters. The minimum absolute atomic E-state index is 0.0377. The number of aliphatic hydroxyl groups excluding tert-OH is 1. The van der Waals surface area contributed by atoms with Crippen molar-refractivity contribution >= 4 is 6.03 Å². The third kappa shape index (κ3) is 6.91. The molecule has 0 radical (unpaired) electrons. The van der Waals surface area contributed by atoms with E-state index >= 15 is 0 Å². The zero-order chi connectivity index (χ0) is 16.6. The molecule has 1 rings (SSSR count). The van der Waals surface area contributed by atoms with Gasteiger partial charge in [0.05, 0.1) is 0 Å². The van der Waals surface area contributed by atoms with Crippen LogP contribution in [0.3, 0.4) is 0 Å². The summed E-state index contributed by atoms with van der Waals surface area (Å²) >= 11 is 0. The van der Waals surface area contributed by atoms with Gasteiger partial charge in [-0.15, -0.1) is 0 Å². The van der Waals surface area contributed by atoms with E-state index in [-0.39, 0.29) is 30.3 Å². The number of carbonyl (C=O) groups excluding carboxylic acids is 1. The quantitative estimate of drug-likeness (QED) is 0.595. The van der Waals surface area contributed by atoms with Crippen molar-refractivity contribution in [1.29, 1.82) is 0 Å². The van der Waals surface area contributed by atoms with E-state index in [9.17, 15) is 4.79 Å². The normalized spacial score (nSPS) is 14.2. The Morgan fingerprint density at radius 2 is 1.86 bits per heavy atom. The highest BCUT2D eigenvalue weighted by Crippen LogP contribution is 2.15. The largest absolute Gasteiger partial charge is 0.396 e. The summed E-state index contributed by atoms with van der Waals surface area (Å²) in [5, 5.41) is 18.0. The van der Waals surface area contributed by atoms with Crippen molar-refractivity contribution in [1.82, 2.24) is 16.0 Å². The van der Waals surface area contributed by atoms with Crippen LogP contribution < -0.4 is 16.0 Å². The van der Waals surface area contributed by atoms with E-state index in [2.05, 4.69) is 48.9 Å². The number of urea groups is 1. The summed E-state index contributed by atoms with van der Waals surface area (Å²) < 4.78 is 0. The lowest BCUT2D eigenvalue weighted by Crippen LogP contribution is -2.52. The Hall–Kier alpha value is -1.59. The minimum atomic E-state index is -0.229. The number of aliphatic hydroxyl groups is 1. The summed E-state index contributed by atoms with van der Waals surface area (Å²) in [4.78, 5) is 11.8. The molecule has 0 heterocycles. The number of amides is 2. The van der Waals surface area contributed by atoms with E-state index in [0.29, 0.717) is 13.0 Å². The van der Waals surface area contributed by atoms with Gasteiger partial charge < -0.3 is 21.1 Å². The van der Waals surface area contributed by atoms with Crippen LogP contribution in [-0.2, 0) is 0 Å². The van der Waals surface area contributed by atoms with Crippen molar-refractivity contribution in [2.24, 2.45) is 0 Å². The predicted molar refractivity (Wildman–Crippen MR) is 89.8 cm³/mol. The lowest BCUT2D eigenvalue weighted by Gasteiger charge is -2.31. The maximum Gasteiger partial charge on any atom is 0.315 e. The summed E-state index contributed by atoms with van der Waals surface area (Å²) in [6, 6.07) is 10.2. The van der Waals surface area contributed by atoms with E-state index in [0.717, 1.165) is 0 Å². The molecule has 0 aliphatic heterocycles. The molecule has 0 aliphatic carbocycles. The van der Waals surface area contributed by atoms with Crippen LogP contribution in [0.1, 0.15) is 45.7 Å². The van der Waals surface area contributed by atoms with Gasteiger partial charge in [-0.05, 0) is 39.7 Å². The molecule has 4 N–H and O–H groups in total. The Bertz CT molecular complexity index is 448. The van der Waals surface area contributed by atoms with Gasteiger partial charge in [0.25, 0.3) is 0 Å². The summed E-state index contributed by atoms with van der Waals surface area (Å²) in [6.07, 6.45) is 0.556. The number of hydrogen-bond acceptors (Lipinski definition) is 3. The highest BCUT2D eigenvalue weighted by molar-refractivity contribution is 5.74. The predicted octanol–water partition coefficient (Wildman–Crippen LogP) is 2.19. The molecule has 1 aromatic carbocycles. The smallest absolute Gasteiger partial charge is 0.315 e. The van der Waals surface area contributed by atoms with Gasteiger partial charge >= 0.3 is 6.03 Å². The van der Waals surface area contributed by atoms with Crippen LogP contribution in [0.15, 0.2) is 30.3 Å². The van der Waals surface area contributed by atoms with E-state index in [4.69, 9.17) is 5.11 Å². The molecular formula is C17H29N3O2. The van der Waals surface area contributed by atoms with E-state index in [1.807, 2.05) is 25.1 Å². The molecule has 0 saturated heterocycles. The van der Waals surface area contributed by atoms with E-state index in [1.165, 1.54) is 5.56 Å². The molecule has 0 saturated carbocycles. The van der Waals surface area contributed by atoms with Gasteiger partial charge in [0.15, 0.2) is 0 Å². The Balaban J connectivity index is 2.41. The molecule has 5 nitrogen and oxygen atoms in total. The van der Waals surface area contributed by atoms with Crippen molar-refractivity contribution in [3.05, 3.63) is 35.9 Å². The first kappa shape index (κ1) is 18.5. The van der Waals surface area contributed by atoms with Crippen molar-refractivity contribution in [2.45, 2.75) is 51.7 Å². The number of nitrogens with one attached hydrogen (secondary N) is 3. The van der Waals surface area contributed by atoms with Crippen molar-refractivity contribution in [3.8, 4) is 0 Å². The summed E-state index contributed by atoms with van der Waals surface area (Å²) in [7, 11) is 0. The molecule has 2 atom stereocenters. The SMILES string of the molecule is CC(NC(C)(C)CNC(=O)N[C@H](C)CCO)c1ccccc1. The Kier molecular flexibility index (Phi) is 7.35. The number of hydrogen-bond donors (Lipinski definition) is 4. The Morgan fingerprint density at radius 1 is 1.23 bits per heavy atom. The van der Waals surface area contributed by atoms with Crippen molar-refractivity contribution in [2.75, 3.05) is 13.2 Å². The summed E-state index contributed by atoms with van der Waals surface area (Å²) in [5.41, 5.74) is 0.990. The van der Waals surface area contributed by atoms with Crippen LogP contribution in [0, 0.1) is 0 Å². The van der Waals surface area contributed by atoms with Crippen LogP contribution in [-0.4, -0.2) is 35.9 Å². The third-order valence-electron chi connectivity index (χ3n) is 3.54. The molecule has 0 aromatic heterocycles. The minimum Gasteiger partial charge on any atom is -0.396 e. The lowest BCUT2D eigenvalue weighted by atomic mass is 10.0. The second-order valence-electron chi connectivity index (χ2n) is 6.40. The van der Waals surface area contributed by atoms with Gasteiger partial charge in [0, 0.05) is 30.8 Å². The lowest BCUT2D eigenvalue weighted by molar-refractivity contribution is 0.226. The van der Waals surface area contributed by atoms with Crippen LogP contribution in [0.4, 0.5) is 4.79 Å². The standard InChI is InChI=1S/C17H29N3O2/c1-13(10-11-21)19-16(22)18-12-17(3,4)20-14(2)15-8-6-5-7-9-15/h5-9,13-14,20-21H,10-12H2,1-4H3,(H2,18,19,22)/t13-,14?/m1/s1. The number of benzene rings is 1. The van der Waals surface area contributed by atoms with E-state index in [1.54, 1.807) is 0 Å². The first-order valence-corrected chi connectivity index (χ1v) is 7.82. The molecule has 0 bridgehead atoms. The van der Waals surface area contributed by atoms with Gasteiger partial charge in [0.2, 0.25) is 0 Å². The maximum atomic E-state index is 11.8. The van der Waals surface area contributed by atoms with Crippen molar-refractivity contribution in [3.63, 3.8) is 0 Å². The fourth-order valence-electron chi connectivity index (χ4n) is 2.30.